The lowest BCUT2D eigenvalue weighted by Gasteiger charge is -2.16. The number of hydrogen-bond acceptors (Lipinski definition) is 3. The van der Waals surface area contributed by atoms with Crippen LogP contribution in [0.25, 0.3) is 0 Å². The molecule has 108 valence electrons. The SMILES string of the molecule is CN(Cc1ccc(Cl)c(Cl)c1)S(=O)(=O)c1ccc(Br)s1. The molecule has 1 heterocycles. The molecular weight excluding hydrogens is 405 g/mol. The maximum Gasteiger partial charge on any atom is 0.252 e. The predicted molar refractivity (Wildman–Crippen MR) is 87.1 cm³/mol. The van der Waals surface area contributed by atoms with E-state index in [2.05, 4.69) is 15.9 Å². The second kappa shape index (κ2) is 6.34. The van der Waals surface area contributed by atoms with Gasteiger partial charge in [-0.15, -0.1) is 11.3 Å². The minimum absolute atomic E-state index is 0.231. The molecule has 0 amide bonds. The van der Waals surface area contributed by atoms with Gasteiger partial charge in [0.25, 0.3) is 10.0 Å². The van der Waals surface area contributed by atoms with E-state index in [0.717, 1.165) is 9.35 Å². The van der Waals surface area contributed by atoms with Crippen LogP contribution in [0, 0.1) is 0 Å². The summed E-state index contributed by atoms with van der Waals surface area (Å²) in [5.41, 5.74) is 0.779. The summed E-state index contributed by atoms with van der Waals surface area (Å²) < 4.78 is 27.1. The van der Waals surface area contributed by atoms with Gasteiger partial charge in [0.1, 0.15) is 4.21 Å². The van der Waals surface area contributed by atoms with E-state index < -0.39 is 10.0 Å². The standard InChI is InChI=1S/C12H10BrCl2NO2S2/c1-16(7-8-2-3-9(14)10(15)6-8)20(17,18)12-5-4-11(13)19-12/h2-6H,7H2,1H3. The molecule has 0 saturated carbocycles. The van der Waals surface area contributed by atoms with Crippen molar-refractivity contribution in [2.75, 3.05) is 7.05 Å². The van der Waals surface area contributed by atoms with E-state index >= 15 is 0 Å². The summed E-state index contributed by atoms with van der Waals surface area (Å²) in [6.07, 6.45) is 0. The number of benzene rings is 1. The summed E-state index contributed by atoms with van der Waals surface area (Å²) in [7, 11) is -1.96. The van der Waals surface area contributed by atoms with Crippen LogP contribution in [-0.2, 0) is 16.6 Å². The lowest BCUT2D eigenvalue weighted by Crippen LogP contribution is -2.25. The molecule has 0 aliphatic heterocycles. The van der Waals surface area contributed by atoms with Crippen LogP contribution in [0.15, 0.2) is 38.3 Å². The predicted octanol–water partition coefficient (Wildman–Crippen LogP) is 4.64. The Morgan fingerprint density at radius 3 is 2.45 bits per heavy atom. The van der Waals surface area contributed by atoms with Crippen molar-refractivity contribution < 1.29 is 8.42 Å². The highest BCUT2D eigenvalue weighted by Crippen LogP contribution is 2.29. The first-order valence-corrected chi connectivity index (χ1v) is 9.27. The van der Waals surface area contributed by atoms with Crippen molar-refractivity contribution in [3.8, 4) is 0 Å². The highest BCUT2D eigenvalue weighted by atomic mass is 79.9. The largest absolute Gasteiger partial charge is 0.252 e. The van der Waals surface area contributed by atoms with Crippen LogP contribution in [0.2, 0.25) is 10.0 Å². The zero-order chi connectivity index (χ0) is 14.9. The quantitative estimate of drug-likeness (QED) is 0.730. The van der Waals surface area contributed by atoms with Gasteiger partial charge in [0.15, 0.2) is 0 Å². The third kappa shape index (κ3) is 3.55. The van der Waals surface area contributed by atoms with E-state index in [1.165, 1.54) is 22.7 Å². The van der Waals surface area contributed by atoms with Gasteiger partial charge in [-0.05, 0) is 45.8 Å². The third-order valence-electron chi connectivity index (χ3n) is 2.60. The number of hydrogen-bond donors (Lipinski definition) is 0. The van der Waals surface area contributed by atoms with E-state index in [0.29, 0.717) is 14.3 Å². The average Bonchev–Trinajstić information content (AvgIpc) is 2.81. The van der Waals surface area contributed by atoms with Crippen LogP contribution in [0.5, 0.6) is 0 Å². The maximum absolute atomic E-state index is 12.4. The molecule has 0 bridgehead atoms. The van der Waals surface area contributed by atoms with Crippen molar-refractivity contribution in [1.29, 1.82) is 0 Å². The summed E-state index contributed by atoms with van der Waals surface area (Å²) in [4.78, 5) is 0. The topological polar surface area (TPSA) is 37.4 Å². The molecule has 0 aliphatic rings. The minimum Gasteiger partial charge on any atom is -0.206 e. The average molecular weight is 415 g/mol. The Kier molecular flexibility index (Phi) is 5.15. The summed E-state index contributed by atoms with van der Waals surface area (Å²) in [6, 6.07) is 8.37. The highest BCUT2D eigenvalue weighted by molar-refractivity contribution is 9.11. The van der Waals surface area contributed by atoms with Gasteiger partial charge in [-0.3, -0.25) is 0 Å². The van der Waals surface area contributed by atoms with Gasteiger partial charge in [0.05, 0.1) is 13.8 Å². The zero-order valence-corrected chi connectivity index (χ0v) is 15.0. The molecule has 8 heteroatoms. The number of thiophene rings is 1. The molecule has 0 fully saturated rings. The van der Waals surface area contributed by atoms with Crippen LogP contribution in [-0.4, -0.2) is 19.8 Å². The molecule has 0 N–H and O–H groups in total. The molecule has 0 spiro atoms. The number of rotatable bonds is 4. The van der Waals surface area contributed by atoms with Crippen molar-refractivity contribution in [2.24, 2.45) is 0 Å². The van der Waals surface area contributed by atoms with Crippen molar-refractivity contribution in [2.45, 2.75) is 10.8 Å². The van der Waals surface area contributed by atoms with Crippen LogP contribution in [0.4, 0.5) is 0 Å². The monoisotopic (exact) mass is 413 g/mol. The number of halogens is 3. The molecule has 20 heavy (non-hydrogen) atoms. The first-order valence-electron chi connectivity index (χ1n) is 5.46. The molecule has 0 atom stereocenters. The molecule has 0 radical (unpaired) electrons. The van der Waals surface area contributed by atoms with Crippen LogP contribution < -0.4 is 0 Å². The smallest absolute Gasteiger partial charge is 0.206 e. The van der Waals surface area contributed by atoms with Crippen LogP contribution in [0.1, 0.15) is 5.56 Å². The Morgan fingerprint density at radius 2 is 1.90 bits per heavy atom. The van der Waals surface area contributed by atoms with Gasteiger partial charge in [-0.25, -0.2) is 8.42 Å². The fourth-order valence-corrected chi connectivity index (χ4v) is 5.27. The Balaban J connectivity index is 2.23. The van der Waals surface area contributed by atoms with E-state index in [1.807, 2.05) is 0 Å². The number of sulfonamides is 1. The number of nitrogens with zero attached hydrogens (tertiary/aromatic N) is 1. The lowest BCUT2D eigenvalue weighted by molar-refractivity contribution is 0.468. The fourth-order valence-electron chi connectivity index (χ4n) is 1.57. The Morgan fingerprint density at radius 1 is 1.20 bits per heavy atom. The van der Waals surface area contributed by atoms with Gasteiger partial charge >= 0.3 is 0 Å². The fraction of sp³-hybridized carbons (Fsp3) is 0.167. The maximum atomic E-state index is 12.4. The minimum atomic E-state index is -3.49. The van der Waals surface area contributed by atoms with Crippen molar-refractivity contribution in [1.82, 2.24) is 4.31 Å². The van der Waals surface area contributed by atoms with Gasteiger partial charge in [0, 0.05) is 13.6 Å². The molecule has 1 aromatic heterocycles. The van der Waals surface area contributed by atoms with Gasteiger partial charge in [-0.2, -0.15) is 4.31 Å². The molecule has 0 aliphatic carbocycles. The van der Waals surface area contributed by atoms with Crippen molar-refractivity contribution in [3.63, 3.8) is 0 Å². The van der Waals surface area contributed by atoms with Crippen LogP contribution >= 0.6 is 50.5 Å². The van der Waals surface area contributed by atoms with E-state index in [9.17, 15) is 8.42 Å². The van der Waals surface area contributed by atoms with Gasteiger partial charge in [-0.1, -0.05) is 29.3 Å². The highest BCUT2D eigenvalue weighted by Gasteiger charge is 2.22. The molecule has 1 aromatic carbocycles. The molecule has 0 unspecified atom stereocenters. The van der Waals surface area contributed by atoms with Crippen LogP contribution in [0.3, 0.4) is 0 Å². The Bertz CT molecular complexity index is 731. The van der Waals surface area contributed by atoms with E-state index in [-0.39, 0.29) is 6.54 Å². The summed E-state index contributed by atoms with van der Waals surface area (Å²) in [6.45, 7) is 0.231. The summed E-state index contributed by atoms with van der Waals surface area (Å²) in [5.74, 6) is 0. The van der Waals surface area contributed by atoms with Crippen molar-refractivity contribution in [3.05, 3.63) is 49.7 Å². The first kappa shape index (κ1) is 16.3. The van der Waals surface area contributed by atoms with Gasteiger partial charge < -0.3 is 0 Å². The second-order valence-electron chi connectivity index (χ2n) is 4.07. The molecular formula is C12H10BrCl2NO2S2. The first-order chi connectivity index (χ1) is 9.30. The zero-order valence-electron chi connectivity index (χ0n) is 10.3. The lowest BCUT2D eigenvalue weighted by atomic mass is 10.2. The summed E-state index contributed by atoms with van der Waals surface area (Å²) >= 11 is 16.2. The Labute approximate surface area is 140 Å². The normalized spacial score (nSPS) is 12.1. The van der Waals surface area contributed by atoms with Crippen molar-refractivity contribution >= 4 is 60.5 Å². The molecule has 2 rings (SSSR count). The Hall–Kier alpha value is -0.110. The molecule has 2 aromatic rings. The molecule has 3 nitrogen and oxygen atoms in total. The van der Waals surface area contributed by atoms with Gasteiger partial charge in [0.2, 0.25) is 0 Å². The molecule has 0 saturated heterocycles. The second-order valence-corrected chi connectivity index (χ2v) is 9.62. The van der Waals surface area contributed by atoms with E-state index in [1.54, 1.807) is 30.3 Å². The van der Waals surface area contributed by atoms with E-state index in [4.69, 9.17) is 23.2 Å². The third-order valence-corrected chi connectivity index (χ3v) is 7.24. The summed E-state index contributed by atoms with van der Waals surface area (Å²) in [5, 5.41) is 0.858.